The summed E-state index contributed by atoms with van der Waals surface area (Å²) in [4.78, 5) is 74.5. The normalized spacial score (nSPS) is 14.4. The third-order valence-corrected chi connectivity index (χ3v) is 10.1. The van der Waals surface area contributed by atoms with Crippen LogP contribution in [0.4, 0.5) is 0 Å². The summed E-state index contributed by atoms with van der Waals surface area (Å²) < 4.78 is 5.25. The van der Waals surface area contributed by atoms with Crippen molar-refractivity contribution < 1.29 is 53.7 Å². The standard InChI is InChI=1S/C21H39N5O7.C10H9N5O.C9H20NO3P.C2H6N2/c1-17(2)3-4-22-18(27)13-23-5-7-24(14-19(28)29)9-11-26(16-21(32)33)12-10-25(8-6-23)15-20(30)31;16-7-11-5-8-1-3-9(4-2-8)10-14-12-6-13-15-10;1-3-4-5-9(12)10-6-7-13-14(2)8-11;1-2(3)4/h17H,3-16H2,1-2H3,(H,22,27)(H,28,29)(H,30,31)(H,32,33);1-4,6-7H,5H2,(H,11,16);11H,3-8H2,1-2H3,(H,10,12);1H3,(H3,3,4). The van der Waals surface area contributed by atoms with Gasteiger partial charge < -0.3 is 46.6 Å². The fourth-order valence-corrected chi connectivity index (χ4v) is 6.14. The first kappa shape index (κ1) is 61.6. The van der Waals surface area contributed by atoms with Crippen LogP contribution in [0.3, 0.4) is 0 Å². The molecule has 0 radical (unpaired) electrons. The molecule has 1 aromatic carbocycles. The van der Waals surface area contributed by atoms with Gasteiger partial charge >= 0.3 is 17.9 Å². The zero-order valence-electron chi connectivity index (χ0n) is 39.6. The molecule has 1 aliphatic rings. The SMILES string of the molecule is CC(=N)N.CC(C)CCNC(=O)CN1CCN(CC(=O)O)CCN(CC(=O)O)CCN(CC(=O)O)CC1.CCCCC(=O)NCCOP(C)CO.O=CNCc1ccc(-c2nncnn2)cc1. The molecule has 0 aliphatic carbocycles. The monoisotopic (exact) mass is 968 g/mol. The second-order valence-electron chi connectivity index (χ2n) is 15.6. The molecule has 25 heteroatoms. The van der Waals surface area contributed by atoms with Gasteiger partial charge in [-0.3, -0.25) is 53.8 Å². The Balaban J connectivity index is 0.00000105. The van der Waals surface area contributed by atoms with Gasteiger partial charge in [0.15, 0.2) is 6.33 Å². The van der Waals surface area contributed by atoms with Gasteiger partial charge in [-0.2, -0.15) is 0 Å². The Hall–Kier alpha value is -5.36. The third kappa shape index (κ3) is 36.4. The molecule has 1 aromatic heterocycles. The molecule has 2 aromatic rings. The number of carboxylic acids is 3. The summed E-state index contributed by atoms with van der Waals surface area (Å²) in [5.41, 5.74) is 6.54. The van der Waals surface area contributed by atoms with E-state index in [1.165, 1.54) is 13.3 Å². The minimum absolute atomic E-state index is 0.0825. The van der Waals surface area contributed by atoms with Crippen LogP contribution in [0, 0.1) is 11.3 Å². The van der Waals surface area contributed by atoms with E-state index < -0.39 is 26.1 Å². The number of aliphatic hydroxyl groups excluding tert-OH is 1. The summed E-state index contributed by atoms with van der Waals surface area (Å²) in [6, 6.07) is 7.51. The van der Waals surface area contributed by atoms with Crippen molar-refractivity contribution in [3.63, 3.8) is 0 Å². The number of nitrogens with one attached hydrogen (secondary N) is 4. The van der Waals surface area contributed by atoms with E-state index in [2.05, 4.69) is 57.1 Å². The first-order chi connectivity index (χ1) is 31.9. The lowest BCUT2D eigenvalue weighted by Gasteiger charge is -2.32. The predicted molar refractivity (Wildman–Crippen MR) is 253 cm³/mol. The van der Waals surface area contributed by atoms with Crippen LogP contribution in [0.15, 0.2) is 30.6 Å². The minimum Gasteiger partial charge on any atom is -0.480 e. The predicted octanol–water partition coefficient (Wildman–Crippen LogP) is 0.0319. The fourth-order valence-electron chi connectivity index (χ4n) is 5.65. The van der Waals surface area contributed by atoms with E-state index in [1.54, 1.807) is 14.7 Å². The summed E-state index contributed by atoms with van der Waals surface area (Å²) in [6.45, 7) is 14.3. The Kier molecular flexibility index (Phi) is 35.6. The Labute approximate surface area is 394 Å². The second-order valence-corrected chi connectivity index (χ2v) is 17.4. The zero-order chi connectivity index (χ0) is 50.4. The highest BCUT2D eigenvalue weighted by Gasteiger charge is 2.21. The molecule has 10 N–H and O–H groups in total. The first-order valence-electron chi connectivity index (χ1n) is 22.0. The number of aromatic nitrogens is 4. The van der Waals surface area contributed by atoms with E-state index in [0.29, 0.717) is 103 Å². The summed E-state index contributed by atoms with van der Waals surface area (Å²) in [7, 11) is -0.716. The maximum Gasteiger partial charge on any atom is 0.317 e. The number of hydrogen-bond donors (Lipinski definition) is 9. The van der Waals surface area contributed by atoms with Gasteiger partial charge in [-0.1, -0.05) is 51.5 Å². The van der Waals surface area contributed by atoms with Gasteiger partial charge in [0, 0.05) is 84.0 Å². The molecule has 24 nitrogen and oxygen atoms in total. The number of rotatable bonds is 23. The minimum atomic E-state index is -0.994. The van der Waals surface area contributed by atoms with Crippen LogP contribution in [0.5, 0.6) is 0 Å². The number of hydrogen-bond acceptors (Lipinski definition) is 17. The highest BCUT2D eigenvalue weighted by molar-refractivity contribution is 7.51. The molecule has 67 heavy (non-hydrogen) atoms. The van der Waals surface area contributed by atoms with Gasteiger partial charge in [0.1, 0.15) is 0 Å². The maximum atomic E-state index is 12.4. The van der Waals surface area contributed by atoms with Crippen LogP contribution in [0.1, 0.15) is 58.9 Å². The van der Waals surface area contributed by atoms with E-state index in [1.807, 2.05) is 35.8 Å². The number of amides is 3. The Bertz CT molecular complexity index is 1670. The van der Waals surface area contributed by atoms with E-state index >= 15 is 0 Å². The topological polar surface area (TPSA) is 343 Å². The highest BCUT2D eigenvalue weighted by Crippen LogP contribution is 2.29. The van der Waals surface area contributed by atoms with Crippen molar-refractivity contribution in [2.24, 2.45) is 11.7 Å². The maximum absolute atomic E-state index is 12.4. The van der Waals surface area contributed by atoms with Crippen molar-refractivity contribution in [2.45, 2.75) is 59.9 Å². The number of nitrogens with two attached hydrogens (primary N) is 1. The molecular weight excluding hydrogens is 894 g/mol. The van der Waals surface area contributed by atoms with Crippen LogP contribution in [-0.4, -0.2) is 214 Å². The molecule has 1 saturated heterocycles. The molecule has 378 valence electrons. The van der Waals surface area contributed by atoms with E-state index in [9.17, 15) is 44.1 Å². The van der Waals surface area contributed by atoms with Gasteiger partial charge in [0.2, 0.25) is 24.0 Å². The molecule has 3 amide bonds. The van der Waals surface area contributed by atoms with Crippen LogP contribution in [0.25, 0.3) is 11.4 Å². The van der Waals surface area contributed by atoms with Crippen molar-refractivity contribution in [1.82, 2.24) is 55.9 Å². The van der Waals surface area contributed by atoms with E-state index in [4.69, 9.17) is 20.8 Å². The average Bonchev–Trinajstić information content (AvgIpc) is 3.27. The van der Waals surface area contributed by atoms with E-state index in [0.717, 1.165) is 30.4 Å². The summed E-state index contributed by atoms with van der Waals surface area (Å²) in [6.07, 6.45) is 5.47. The fraction of sp³-hybridized carbons (Fsp3) is 0.643. The number of carbonyl (C=O) groups is 6. The lowest BCUT2D eigenvalue weighted by molar-refractivity contribution is -0.140. The summed E-state index contributed by atoms with van der Waals surface area (Å²) in [5, 5.41) is 65.9. The quantitative estimate of drug-likeness (QED) is 0.0233. The number of carbonyl (C=O) groups excluding carboxylic acids is 3. The van der Waals surface area contributed by atoms with Crippen molar-refractivity contribution >= 4 is 50.1 Å². The summed E-state index contributed by atoms with van der Waals surface area (Å²) >= 11 is 0. The lowest BCUT2D eigenvalue weighted by atomic mass is 10.1. The number of aliphatic carboxylic acids is 3. The van der Waals surface area contributed by atoms with Gasteiger partial charge in [0.05, 0.1) is 53.1 Å². The molecule has 1 unspecified atom stereocenters. The van der Waals surface area contributed by atoms with Crippen LogP contribution >= 0.6 is 8.15 Å². The molecule has 0 bridgehead atoms. The smallest absolute Gasteiger partial charge is 0.317 e. The zero-order valence-corrected chi connectivity index (χ0v) is 40.5. The van der Waals surface area contributed by atoms with Gasteiger partial charge in [-0.25, -0.2) is 0 Å². The Morgan fingerprint density at radius 3 is 1.66 bits per heavy atom. The number of amidine groups is 1. The molecule has 2 heterocycles. The Morgan fingerprint density at radius 1 is 0.806 bits per heavy atom. The lowest BCUT2D eigenvalue weighted by Crippen LogP contribution is -2.49. The van der Waals surface area contributed by atoms with Gasteiger partial charge in [-0.05, 0) is 37.9 Å². The molecule has 3 rings (SSSR count). The van der Waals surface area contributed by atoms with E-state index in [-0.39, 0.29) is 50.2 Å². The first-order valence-corrected chi connectivity index (χ1v) is 23.9. The number of aliphatic hydroxyl groups is 1. The van der Waals surface area contributed by atoms with Crippen molar-refractivity contribution in [3.05, 3.63) is 36.2 Å². The molecule has 0 saturated carbocycles. The van der Waals surface area contributed by atoms with Crippen molar-refractivity contribution in [2.75, 3.05) is 111 Å². The van der Waals surface area contributed by atoms with Gasteiger partial charge in [-0.15, -0.1) is 20.4 Å². The summed E-state index contributed by atoms with van der Waals surface area (Å²) in [5.74, 6) is -1.86. The number of nitrogens with zero attached hydrogens (tertiary/aromatic N) is 8. The number of benzene rings is 1. The molecule has 1 aliphatic heterocycles. The molecule has 0 spiro atoms. The van der Waals surface area contributed by atoms with Crippen LogP contribution < -0.4 is 21.7 Å². The third-order valence-electron chi connectivity index (χ3n) is 9.12. The molecular formula is C42H74N13O11P. The number of unbranched alkanes of at least 4 members (excludes halogenated alkanes) is 1. The van der Waals surface area contributed by atoms with Crippen molar-refractivity contribution in [1.29, 1.82) is 5.41 Å². The second kappa shape index (κ2) is 38.7. The van der Waals surface area contributed by atoms with Crippen LogP contribution in [0.2, 0.25) is 0 Å². The molecule has 1 atom stereocenters. The van der Waals surface area contributed by atoms with Crippen molar-refractivity contribution in [3.8, 4) is 11.4 Å². The largest absolute Gasteiger partial charge is 0.480 e. The number of carboxylic acid groups (broad SMARTS) is 3. The average molecular weight is 968 g/mol. The van der Waals surface area contributed by atoms with Crippen LogP contribution in [-0.2, 0) is 39.8 Å². The molecule has 1 fully saturated rings. The van der Waals surface area contributed by atoms with Gasteiger partial charge in [0.25, 0.3) is 0 Å². The Morgan fingerprint density at radius 2 is 1.25 bits per heavy atom. The highest BCUT2D eigenvalue weighted by atomic mass is 31.1.